The van der Waals surface area contributed by atoms with Crippen LogP contribution in [0, 0.1) is 5.92 Å². The number of halogens is 1. The second-order valence-electron chi connectivity index (χ2n) is 2.75. The van der Waals surface area contributed by atoms with Crippen LogP contribution in [0.4, 0.5) is 0 Å². The molecule has 0 heterocycles. The van der Waals surface area contributed by atoms with Gasteiger partial charge in [-0.2, -0.15) is 0 Å². The van der Waals surface area contributed by atoms with Crippen molar-refractivity contribution in [2.75, 3.05) is 0 Å². The van der Waals surface area contributed by atoms with Crippen LogP contribution in [0.15, 0.2) is 11.3 Å². The lowest BCUT2D eigenvalue weighted by atomic mass is 10.0. The highest BCUT2D eigenvalue weighted by Gasteiger charge is 2.14. The third-order valence-corrected chi connectivity index (χ3v) is 1.53. The number of carboxylic acid groups (broad SMARTS) is 1. The van der Waals surface area contributed by atoms with Crippen molar-refractivity contribution in [1.29, 1.82) is 0 Å². The fraction of sp³-hybridized carbons (Fsp3) is 0.625. The molecule has 0 aliphatic carbocycles. The predicted octanol–water partition coefficient (Wildman–Crippen LogP) is 1.77. The van der Waals surface area contributed by atoms with Crippen LogP contribution < -0.4 is 5.73 Å². The van der Waals surface area contributed by atoms with E-state index in [1.54, 1.807) is 0 Å². The van der Waals surface area contributed by atoms with Crippen LogP contribution in [0.25, 0.3) is 0 Å². The Labute approximate surface area is 79.1 Å². The second-order valence-corrected chi connectivity index (χ2v) is 2.75. The van der Waals surface area contributed by atoms with Gasteiger partial charge in [0.25, 0.3) is 0 Å². The Morgan fingerprint density at radius 1 is 1.50 bits per heavy atom. The molecular formula is C8H16ClNO2. The molecule has 0 radical (unpaired) electrons. The van der Waals surface area contributed by atoms with Gasteiger partial charge in [0.05, 0.1) is 5.57 Å². The monoisotopic (exact) mass is 193 g/mol. The molecule has 0 unspecified atom stereocenters. The lowest BCUT2D eigenvalue weighted by Gasteiger charge is -2.09. The number of rotatable bonds is 3. The van der Waals surface area contributed by atoms with Crippen molar-refractivity contribution in [3.8, 4) is 0 Å². The van der Waals surface area contributed by atoms with Crippen LogP contribution in [0.2, 0.25) is 0 Å². The lowest BCUT2D eigenvalue weighted by molar-refractivity contribution is -0.133. The fourth-order valence-corrected chi connectivity index (χ4v) is 0.946. The molecule has 0 amide bonds. The number of nitrogens with two attached hydrogens (primary N) is 1. The Balaban J connectivity index is 0. The van der Waals surface area contributed by atoms with E-state index < -0.39 is 5.97 Å². The molecule has 0 spiro atoms. The van der Waals surface area contributed by atoms with Gasteiger partial charge in [0.1, 0.15) is 0 Å². The van der Waals surface area contributed by atoms with E-state index in [0.29, 0.717) is 17.7 Å². The van der Waals surface area contributed by atoms with Crippen molar-refractivity contribution in [3.63, 3.8) is 0 Å². The van der Waals surface area contributed by atoms with Gasteiger partial charge in [-0.15, -0.1) is 12.4 Å². The molecule has 0 saturated carbocycles. The van der Waals surface area contributed by atoms with Crippen LogP contribution in [0.5, 0.6) is 0 Å². The van der Waals surface area contributed by atoms with Gasteiger partial charge in [-0.25, -0.2) is 4.79 Å². The van der Waals surface area contributed by atoms with E-state index in [9.17, 15) is 4.79 Å². The van der Waals surface area contributed by atoms with Crippen LogP contribution in [-0.2, 0) is 4.79 Å². The lowest BCUT2D eigenvalue weighted by Crippen LogP contribution is -2.14. The molecule has 3 nitrogen and oxygen atoms in total. The topological polar surface area (TPSA) is 63.3 Å². The zero-order valence-corrected chi connectivity index (χ0v) is 8.44. The summed E-state index contributed by atoms with van der Waals surface area (Å²) in [5, 5.41) is 8.71. The number of carboxylic acids is 1. The molecule has 4 heteroatoms. The quantitative estimate of drug-likeness (QED) is 0.672. The van der Waals surface area contributed by atoms with E-state index in [-0.39, 0.29) is 18.3 Å². The van der Waals surface area contributed by atoms with E-state index >= 15 is 0 Å². The number of hydrogen-bond acceptors (Lipinski definition) is 2. The summed E-state index contributed by atoms with van der Waals surface area (Å²) in [6, 6.07) is 0. The number of hydrogen-bond donors (Lipinski definition) is 2. The Bertz CT molecular complexity index is 187. The smallest absolute Gasteiger partial charge is 0.333 e. The fourth-order valence-electron chi connectivity index (χ4n) is 0.946. The van der Waals surface area contributed by atoms with Crippen molar-refractivity contribution in [2.45, 2.75) is 27.2 Å². The average Bonchev–Trinajstić information content (AvgIpc) is 1.85. The molecule has 0 aromatic carbocycles. The zero-order chi connectivity index (χ0) is 9.02. The molecule has 3 N–H and O–H groups in total. The van der Waals surface area contributed by atoms with E-state index in [0.717, 1.165) is 0 Å². The standard InChI is InChI=1S/C8H15NO2.ClH/c1-4-6(9)7(5(2)3)8(10)11;/h5H,4,9H2,1-3H3,(H,10,11);1H. The zero-order valence-electron chi connectivity index (χ0n) is 7.63. The normalized spacial score (nSPS) is 12.0. The SMILES string of the molecule is CCC(N)=C(C(=O)O)C(C)C.Cl. The van der Waals surface area contributed by atoms with E-state index in [1.807, 2.05) is 20.8 Å². The van der Waals surface area contributed by atoms with Gasteiger partial charge in [-0.1, -0.05) is 20.8 Å². The average molecular weight is 194 g/mol. The Hall–Kier alpha value is -0.700. The minimum absolute atomic E-state index is 0. The van der Waals surface area contributed by atoms with Gasteiger partial charge in [0.15, 0.2) is 0 Å². The Morgan fingerprint density at radius 2 is 1.92 bits per heavy atom. The molecule has 0 atom stereocenters. The summed E-state index contributed by atoms with van der Waals surface area (Å²) in [6.45, 7) is 5.50. The van der Waals surface area contributed by atoms with Crippen LogP contribution in [0.3, 0.4) is 0 Å². The first kappa shape index (κ1) is 13.9. The minimum Gasteiger partial charge on any atom is -0.478 e. The second kappa shape index (κ2) is 5.89. The molecule has 0 aromatic rings. The van der Waals surface area contributed by atoms with Crippen LogP contribution >= 0.6 is 12.4 Å². The first-order chi connectivity index (χ1) is 5.00. The minimum atomic E-state index is -0.903. The largest absolute Gasteiger partial charge is 0.478 e. The highest BCUT2D eigenvalue weighted by atomic mass is 35.5. The summed E-state index contributed by atoms with van der Waals surface area (Å²) in [7, 11) is 0. The molecule has 0 aliphatic rings. The maximum absolute atomic E-state index is 10.6. The van der Waals surface area contributed by atoms with E-state index in [1.165, 1.54) is 0 Å². The van der Waals surface area contributed by atoms with Gasteiger partial charge in [-0.05, 0) is 12.3 Å². The number of allylic oxidation sites excluding steroid dienone is 1. The third-order valence-electron chi connectivity index (χ3n) is 1.53. The van der Waals surface area contributed by atoms with E-state index in [2.05, 4.69) is 0 Å². The van der Waals surface area contributed by atoms with Crippen molar-refractivity contribution >= 4 is 18.4 Å². The Morgan fingerprint density at radius 3 is 2.00 bits per heavy atom. The third kappa shape index (κ3) is 3.62. The predicted molar refractivity (Wildman–Crippen MR) is 51.2 cm³/mol. The summed E-state index contributed by atoms with van der Waals surface area (Å²) < 4.78 is 0. The molecule has 0 fully saturated rings. The van der Waals surface area contributed by atoms with Gasteiger partial charge >= 0.3 is 5.97 Å². The molecular weight excluding hydrogens is 178 g/mol. The molecule has 72 valence electrons. The van der Waals surface area contributed by atoms with Crippen molar-refractivity contribution in [3.05, 3.63) is 11.3 Å². The highest BCUT2D eigenvalue weighted by molar-refractivity contribution is 5.87. The summed E-state index contributed by atoms with van der Waals surface area (Å²) in [5.74, 6) is -0.910. The highest BCUT2D eigenvalue weighted by Crippen LogP contribution is 2.13. The summed E-state index contributed by atoms with van der Waals surface area (Å²) in [6.07, 6.45) is 0.597. The first-order valence-electron chi connectivity index (χ1n) is 3.72. The van der Waals surface area contributed by atoms with Crippen LogP contribution in [0.1, 0.15) is 27.2 Å². The van der Waals surface area contributed by atoms with Gasteiger partial charge in [0, 0.05) is 5.70 Å². The van der Waals surface area contributed by atoms with Gasteiger partial charge < -0.3 is 10.8 Å². The van der Waals surface area contributed by atoms with Crippen molar-refractivity contribution in [1.82, 2.24) is 0 Å². The van der Waals surface area contributed by atoms with Gasteiger partial charge in [-0.3, -0.25) is 0 Å². The number of carbonyl (C=O) groups is 1. The van der Waals surface area contributed by atoms with E-state index in [4.69, 9.17) is 10.8 Å². The molecule has 12 heavy (non-hydrogen) atoms. The molecule has 0 saturated heterocycles. The molecule has 0 rings (SSSR count). The molecule has 0 aromatic heterocycles. The Kier molecular flexibility index (Phi) is 6.80. The summed E-state index contributed by atoms with van der Waals surface area (Å²) in [5.41, 5.74) is 6.34. The summed E-state index contributed by atoms with van der Waals surface area (Å²) >= 11 is 0. The molecule has 0 aliphatic heterocycles. The maximum atomic E-state index is 10.6. The maximum Gasteiger partial charge on any atom is 0.333 e. The first-order valence-corrected chi connectivity index (χ1v) is 3.72. The van der Waals surface area contributed by atoms with Crippen molar-refractivity contribution in [2.24, 2.45) is 11.7 Å². The summed E-state index contributed by atoms with van der Waals surface area (Å²) in [4.78, 5) is 10.6. The van der Waals surface area contributed by atoms with Crippen LogP contribution in [-0.4, -0.2) is 11.1 Å². The van der Waals surface area contributed by atoms with Gasteiger partial charge in [0.2, 0.25) is 0 Å². The number of aliphatic carboxylic acids is 1. The molecule has 0 bridgehead atoms. The van der Waals surface area contributed by atoms with Crippen molar-refractivity contribution < 1.29 is 9.90 Å².